The maximum Gasteiger partial charge on any atom is 0.412 e. The predicted octanol–water partition coefficient (Wildman–Crippen LogP) is 3.65. The lowest BCUT2D eigenvalue weighted by atomic mass is 10.2. The van der Waals surface area contributed by atoms with Gasteiger partial charge in [0.25, 0.3) is 5.91 Å². The second-order valence-corrected chi connectivity index (χ2v) is 10.9. The van der Waals surface area contributed by atoms with Gasteiger partial charge in [-0.3, -0.25) is 4.79 Å². The fraction of sp³-hybridized carbons (Fsp3) is 0.435. The van der Waals surface area contributed by atoms with E-state index in [9.17, 15) is 9.59 Å². The molecule has 11 heteroatoms. The van der Waals surface area contributed by atoms with Gasteiger partial charge in [0.2, 0.25) is 6.23 Å². The smallest absolute Gasteiger partial charge is 0.412 e. The van der Waals surface area contributed by atoms with E-state index < -0.39 is 12.3 Å². The molecule has 34 heavy (non-hydrogen) atoms. The molecule has 2 aromatic rings. The summed E-state index contributed by atoms with van der Waals surface area (Å²) in [6, 6.07) is 9.12. The highest BCUT2D eigenvalue weighted by Gasteiger charge is 2.46. The van der Waals surface area contributed by atoms with Crippen LogP contribution in [0.25, 0.3) is 10.9 Å². The minimum absolute atomic E-state index is 0.0109. The number of aromatic nitrogens is 1. The van der Waals surface area contributed by atoms with Crippen LogP contribution in [0.2, 0.25) is 5.02 Å². The van der Waals surface area contributed by atoms with Crippen molar-refractivity contribution in [1.29, 1.82) is 0 Å². The third-order valence-corrected chi connectivity index (χ3v) is 8.97. The number of hydrogen-bond donors (Lipinski definition) is 0. The van der Waals surface area contributed by atoms with Crippen LogP contribution in [0.1, 0.15) is 0 Å². The highest BCUT2D eigenvalue weighted by Crippen LogP contribution is 2.45. The van der Waals surface area contributed by atoms with Crippen LogP contribution in [0.4, 0.5) is 10.6 Å². The van der Waals surface area contributed by atoms with Crippen molar-refractivity contribution in [3.63, 3.8) is 0 Å². The van der Waals surface area contributed by atoms with E-state index in [2.05, 4.69) is 4.90 Å². The van der Waals surface area contributed by atoms with E-state index in [4.69, 9.17) is 26.1 Å². The zero-order valence-corrected chi connectivity index (χ0v) is 21.3. The molecule has 2 atom stereocenters. The van der Waals surface area contributed by atoms with Crippen LogP contribution in [0.15, 0.2) is 40.1 Å². The second-order valence-electron chi connectivity index (χ2n) is 8.38. The number of rotatable bonds is 3. The Morgan fingerprint density at radius 2 is 1.85 bits per heavy atom. The molecular weight excluding hydrogens is 496 g/mol. The molecule has 2 unspecified atom stereocenters. The summed E-state index contributed by atoms with van der Waals surface area (Å²) in [5.74, 6) is 1.54. The SMILES string of the molecule is COC1CSC2=C(SC1)C(OC(=O)N1CCN(C)CC1)N(c1ccc3ccc(Cl)cc3n1)C2=O. The molecule has 180 valence electrons. The van der Waals surface area contributed by atoms with Crippen molar-refractivity contribution in [1.82, 2.24) is 14.8 Å². The van der Waals surface area contributed by atoms with Gasteiger partial charge in [-0.1, -0.05) is 17.7 Å². The van der Waals surface area contributed by atoms with Gasteiger partial charge in [0.05, 0.1) is 21.4 Å². The Bertz CT molecular complexity index is 1150. The maximum atomic E-state index is 13.6. The Labute approximate surface area is 211 Å². The van der Waals surface area contributed by atoms with Crippen molar-refractivity contribution in [3.05, 3.63) is 45.2 Å². The lowest BCUT2D eigenvalue weighted by Crippen LogP contribution is -2.49. The van der Waals surface area contributed by atoms with E-state index in [0.717, 1.165) is 23.4 Å². The number of carbonyl (C=O) groups excluding carboxylic acids is 2. The molecule has 2 amide bonds. The average molecular weight is 521 g/mol. The number of amides is 2. The molecule has 1 aromatic heterocycles. The first-order chi connectivity index (χ1) is 16.4. The highest BCUT2D eigenvalue weighted by molar-refractivity contribution is 8.08. The zero-order valence-electron chi connectivity index (χ0n) is 18.9. The summed E-state index contributed by atoms with van der Waals surface area (Å²) in [6.45, 7) is 2.73. The number of pyridine rings is 1. The van der Waals surface area contributed by atoms with Crippen molar-refractivity contribution < 1.29 is 19.1 Å². The van der Waals surface area contributed by atoms with Crippen LogP contribution in [0.5, 0.6) is 0 Å². The molecule has 0 radical (unpaired) electrons. The van der Waals surface area contributed by atoms with Crippen LogP contribution in [0, 0.1) is 0 Å². The molecule has 8 nitrogen and oxygen atoms in total. The monoisotopic (exact) mass is 520 g/mol. The lowest BCUT2D eigenvalue weighted by molar-refractivity contribution is -0.115. The minimum Gasteiger partial charge on any atom is -0.420 e. The topological polar surface area (TPSA) is 75.2 Å². The van der Waals surface area contributed by atoms with Crippen molar-refractivity contribution in [2.24, 2.45) is 0 Å². The van der Waals surface area contributed by atoms with E-state index in [1.807, 2.05) is 19.2 Å². The van der Waals surface area contributed by atoms with Gasteiger partial charge in [0.1, 0.15) is 5.82 Å². The number of likely N-dealkylation sites (N-methyl/N-ethyl adjacent to an activating group) is 1. The molecule has 3 aliphatic heterocycles. The number of halogens is 1. The largest absolute Gasteiger partial charge is 0.420 e. The fourth-order valence-corrected chi connectivity index (χ4v) is 6.94. The van der Waals surface area contributed by atoms with Crippen LogP contribution in [0.3, 0.4) is 0 Å². The number of ether oxygens (including phenoxy) is 2. The summed E-state index contributed by atoms with van der Waals surface area (Å²) in [6.07, 6.45) is -1.28. The minimum atomic E-state index is -0.869. The molecule has 1 saturated heterocycles. The number of methoxy groups -OCH3 is 1. The van der Waals surface area contributed by atoms with Gasteiger partial charge in [-0.2, -0.15) is 0 Å². The number of hydrogen-bond acceptors (Lipinski definition) is 8. The molecule has 1 fully saturated rings. The molecule has 0 saturated carbocycles. The van der Waals surface area contributed by atoms with Crippen LogP contribution in [-0.4, -0.2) is 91.0 Å². The first-order valence-corrected chi connectivity index (χ1v) is 13.4. The number of nitrogens with zero attached hydrogens (tertiary/aromatic N) is 4. The van der Waals surface area contributed by atoms with Crippen molar-refractivity contribution in [3.8, 4) is 0 Å². The molecule has 0 bridgehead atoms. The van der Waals surface area contributed by atoms with Crippen molar-refractivity contribution >= 4 is 63.8 Å². The highest BCUT2D eigenvalue weighted by atomic mass is 35.5. The normalized spacial score (nSPS) is 23.9. The van der Waals surface area contributed by atoms with Gasteiger partial charge in [-0.15, -0.1) is 23.5 Å². The fourth-order valence-electron chi connectivity index (χ4n) is 4.07. The van der Waals surface area contributed by atoms with Gasteiger partial charge >= 0.3 is 6.09 Å². The van der Waals surface area contributed by atoms with Crippen molar-refractivity contribution in [2.75, 3.05) is 56.7 Å². The van der Waals surface area contributed by atoms with E-state index in [-0.39, 0.29) is 12.0 Å². The summed E-state index contributed by atoms with van der Waals surface area (Å²) in [5, 5.41) is 1.47. The molecule has 3 aliphatic rings. The van der Waals surface area contributed by atoms with Gasteiger partial charge in [0, 0.05) is 55.2 Å². The van der Waals surface area contributed by atoms with Gasteiger partial charge in [0.15, 0.2) is 0 Å². The van der Waals surface area contributed by atoms with Gasteiger partial charge in [-0.05, 0) is 31.3 Å². The molecular formula is C23H25ClN4O4S2. The molecule has 4 heterocycles. The maximum absolute atomic E-state index is 13.6. The second kappa shape index (κ2) is 9.94. The molecule has 1 aromatic carbocycles. The quantitative estimate of drug-likeness (QED) is 0.607. The van der Waals surface area contributed by atoms with E-state index in [1.54, 1.807) is 30.2 Å². The number of anilines is 1. The first-order valence-electron chi connectivity index (χ1n) is 11.0. The Morgan fingerprint density at radius 1 is 1.12 bits per heavy atom. The third-order valence-electron chi connectivity index (χ3n) is 6.13. The summed E-state index contributed by atoms with van der Waals surface area (Å²) < 4.78 is 11.6. The number of benzene rings is 1. The number of fused-ring (bicyclic) bond motifs is 1. The first kappa shape index (κ1) is 23.7. The van der Waals surface area contributed by atoms with Gasteiger partial charge < -0.3 is 19.3 Å². The molecule has 0 aliphatic carbocycles. The summed E-state index contributed by atoms with van der Waals surface area (Å²) >= 11 is 9.13. The van der Waals surface area contributed by atoms with E-state index in [1.165, 1.54) is 28.4 Å². The Balaban J connectivity index is 1.48. The lowest BCUT2D eigenvalue weighted by Gasteiger charge is -2.34. The van der Waals surface area contributed by atoms with Crippen LogP contribution >= 0.6 is 35.1 Å². The number of carbonyl (C=O) groups is 2. The summed E-state index contributed by atoms with van der Waals surface area (Å²) in [4.78, 5) is 38.1. The molecule has 0 spiro atoms. The van der Waals surface area contributed by atoms with Gasteiger partial charge in [-0.25, -0.2) is 14.7 Å². The third kappa shape index (κ3) is 4.61. The Kier molecular flexibility index (Phi) is 6.95. The van der Waals surface area contributed by atoms with E-state index >= 15 is 0 Å². The Morgan fingerprint density at radius 3 is 2.62 bits per heavy atom. The van der Waals surface area contributed by atoms with Crippen LogP contribution < -0.4 is 4.90 Å². The standard InChI is InChI=1S/C23H25ClN4O4S2/c1-26-7-9-27(10-8-26)23(30)32-22-20-19(33-12-16(31-2)13-34-20)21(29)28(22)18-6-4-14-3-5-15(24)11-17(14)25-18/h3-6,11,16,22H,7-10,12-13H2,1-2H3. The average Bonchev–Trinajstić information content (AvgIpc) is 2.97. The molecule has 5 rings (SSSR count). The Hall–Kier alpha value is -1.98. The zero-order chi connectivity index (χ0) is 23.8. The number of thioether (sulfide) groups is 2. The number of piperazine rings is 1. The van der Waals surface area contributed by atoms with Crippen LogP contribution in [-0.2, 0) is 14.3 Å². The predicted molar refractivity (Wildman–Crippen MR) is 136 cm³/mol. The summed E-state index contributed by atoms with van der Waals surface area (Å²) in [7, 11) is 3.70. The molecule has 0 N–H and O–H groups in total. The summed E-state index contributed by atoms with van der Waals surface area (Å²) in [5.41, 5.74) is 0.670. The van der Waals surface area contributed by atoms with Crippen molar-refractivity contribution in [2.45, 2.75) is 12.3 Å². The van der Waals surface area contributed by atoms with E-state index in [0.29, 0.717) is 45.9 Å².